The van der Waals surface area contributed by atoms with Gasteiger partial charge < -0.3 is 10.2 Å². The van der Waals surface area contributed by atoms with Crippen LogP contribution in [0.1, 0.15) is 50.8 Å². The number of halogens is 1. The van der Waals surface area contributed by atoms with Gasteiger partial charge in [-0.25, -0.2) is 8.42 Å². The highest BCUT2D eigenvalue weighted by molar-refractivity contribution is 7.92. The molecular weight excluding hydrogens is 546 g/mol. The topological polar surface area (TPSA) is 86.8 Å². The molecule has 0 spiro atoms. The van der Waals surface area contributed by atoms with Gasteiger partial charge in [0, 0.05) is 17.1 Å². The molecule has 1 N–H and O–H groups in total. The first-order chi connectivity index (χ1) is 18.7. The lowest BCUT2D eigenvalue weighted by atomic mass is 10.1. The van der Waals surface area contributed by atoms with Gasteiger partial charge in [-0.15, -0.1) is 0 Å². The summed E-state index contributed by atoms with van der Waals surface area (Å²) in [5.41, 5.74) is 2.57. The first-order valence-corrected chi connectivity index (χ1v) is 15.1. The third-order valence-electron chi connectivity index (χ3n) is 6.54. The number of benzene rings is 3. The van der Waals surface area contributed by atoms with E-state index >= 15 is 0 Å². The number of hydrogen-bond donors (Lipinski definition) is 1. The van der Waals surface area contributed by atoms with Crippen molar-refractivity contribution in [3.05, 3.63) is 94.5 Å². The molecule has 0 aromatic heterocycles. The van der Waals surface area contributed by atoms with Gasteiger partial charge in [0.2, 0.25) is 11.8 Å². The van der Waals surface area contributed by atoms with Crippen LogP contribution in [0.15, 0.2) is 77.7 Å². The first kappa shape index (κ1) is 31.2. The summed E-state index contributed by atoms with van der Waals surface area (Å²) in [6.45, 7) is 11.0. The second-order valence-corrected chi connectivity index (χ2v) is 13.2. The van der Waals surface area contributed by atoms with Gasteiger partial charge in [0.05, 0.1) is 10.6 Å². The number of hydrogen-bond acceptors (Lipinski definition) is 4. The minimum absolute atomic E-state index is 0.00931. The normalized spacial score (nSPS) is 12.5. The van der Waals surface area contributed by atoms with Gasteiger partial charge in [0.25, 0.3) is 10.0 Å². The Morgan fingerprint density at radius 2 is 1.55 bits per heavy atom. The number of nitrogens with zero attached hydrogens (tertiary/aromatic N) is 2. The molecule has 3 aromatic rings. The standard InChI is InChI=1S/C31H38ClN3O4S/c1-7-28(30(37)33-31(4,5)6)34(20-24-11-9-8-10-12-24)29(36)21-35(26-16-13-22(2)23(3)19-26)40(38,39)27-17-14-25(32)15-18-27/h8-19,28H,7,20-21H2,1-6H3,(H,33,37). The molecule has 9 heteroatoms. The lowest BCUT2D eigenvalue weighted by Gasteiger charge is -2.35. The van der Waals surface area contributed by atoms with Gasteiger partial charge in [-0.1, -0.05) is 54.9 Å². The Labute approximate surface area is 243 Å². The van der Waals surface area contributed by atoms with Gasteiger partial charge in [0.1, 0.15) is 12.6 Å². The molecule has 0 fully saturated rings. The van der Waals surface area contributed by atoms with E-state index in [0.29, 0.717) is 17.1 Å². The number of anilines is 1. The van der Waals surface area contributed by atoms with Crippen LogP contribution in [0.25, 0.3) is 0 Å². The minimum atomic E-state index is -4.16. The van der Waals surface area contributed by atoms with Crippen LogP contribution in [-0.4, -0.2) is 43.3 Å². The summed E-state index contributed by atoms with van der Waals surface area (Å²) in [6.07, 6.45) is 0.355. The molecule has 1 atom stereocenters. The summed E-state index contributed by atoms with van der Waals surface area (Å²) in [5, 5.41) is 3.37. The maximum Gasteiger partial charge on any atom is 0.264 e. The lowest BCUT2D eigenvalue weighted by Crippen LogP contribution is -2.55. The summed E-state index contributed by atoms with van der Waals surface area (Å²) in [5.74, 6) is -0.784. The molecule has 0 aliphatic rings. The smallest absolute Gasteiger partial charge is 0.264 e. The highest BCUT2D eigenvalue weighted by atomic mass is 35.5. The molecule has 0 bridgehead atoms. The molecule has 0 saturated carbocycles. The van der Waals surface area contributed by atoms with Crippen molar-refractivity contribution in [1.82, 2.24) is 10.2 Å². The molecule has 0 radical (unpaired) electrons. The Balaban J connectivity index is 2.08. The third-order valence-corrected chi connectivity index (χ3v) is 8.58. The van der Waals surface area contributed by atoms with E-state index in [0.717, 1.165) is 21.0 Å². The highest BCUT2D eigenvalue weighted by Gasteiger charge is 2.34. The monoisotopic (exact) mass is 583 g/mol. The van der Waals surface area contributed by atoms with Gasteiger partial charge in [0.15, 0.2) is 0 Å². The second kappa shape index (κ2) is 12.9. The molecule has 0 heterocycles. The second-order valence-electron chi connectivity index (χ2n) is 10.9. The fourth-order valence-corrected chi connectivity index (χ4v) is 5.83. The third kappa shape index (κ3) is 7.86. The van der Waals surface area contributed by atoms with Crippen molar-refractivity contribution in [1.29, 1.82) is 0 Å². The van der Waals surface area contributed by atoms with Crippen molar-refractivity contribution in [3.8, 4) is 0 Å². The van der Waals surface area contributed by atoms with Crippen LogP contribution in [0.5, 0.6) is 0 Å². The fraction of sp³-hybridized carbons (Fsp3) is 0.355. The van der Waals surface area contributed by atoms with Gasteiger partial charge in [-0.05, 0) is 94.1 Å². The van der Waals surface area contributed by atoms with Crippen LogP contribution in [0.3, 0.4) is 0 Å². The average molecular weight is 584 g/mol. The summed E-state index contributed by atoms with van der Waals surface area (Å²) in [6, 6.07) is 19.7. The van der Waals surface area contributed by atoms with Crippen molar-refractivity contribution in [2.45, 2.75) is 71.0 Å². The Morgan fingerprint density at radius 3 is 2.10 bits per heavy atom. The fourth-order valence-electron chi connectivity index (χ4n) is 4.30. The Morgan fingerprint density at radius 1 is 0.925 bits per heavy atom. The molecule has 3 rings (SSSR count). The summed E-state index contributed by atoms with van der Waals surface area (Å²) >= 11 is 6.02. The molecule has 3 aromatic carbocycles. The summed E-state index contributed by atoms with van der Waals surface area (Å²) in [7, 11) is -4.16. The van der Waals surface area contributed by atoms with Crippen LogP contribution >= 0.6 is 11.6 Å². The Bertz CT molecular complexity index is 1440. The number of rotatable bonds is 10. The Kier molecular flexibility index (Phi) is 10.0. The van der Waals surface area contributed by atoms with E-state index < -0.39 is 34.1 Å². The van der Waals surface area contributed by atoms with Crippen LogP contribution < -0.4 is 9.62 Å². The Hall–Kier alpha value is -3.36. The van der Waals surface area contributed by atoms with E-state index in [1.54, 1.807) is 12.1 Å². The quantitative estimate of drug-likeness (QED) is 0.323. The predicted molar refractivity (Wildman–Crippen MR) is 161 cm³/mol. The number of carbonyl (C=O) groups excluding carboxylic acids is 2. The molecule has 214 valence electrons. The van der Waals surface area contributed by atoms with Gasteiger partial charge >= 0.3 is 0 Å². The molecule has 0 saturated heterocycles. The zero-order valence-corrected chi connectivity index (χ0v) is 25.5. The van der Waals surface area contributed by atoms with Crippen LogP contribution in [0.2, 0.25) is 5.02 Å². The molecule has 1 unspecified atom stereocenters. The van der Waals surface area contributed by atoms with E-state index in [4.69, 9.17) is 11.6 Å². The number of carbonyl (C=O) groups is 2. The summed E-state index contributed by atoms with van der Waals surface area (Å²) < 4.78 is 29.0. The van der Waals surface area contributed by atoms with Crippen molar-refractivity contribution < 1.29 is 18.0 Å². The van der Waals surface area contributed by atoms with Crippen molar-refractivity contribution in [3.63, 3.8) is 0 Å². The number of nitrogens with one attached hydrogen (secondary N) is 1. The zero-order chi connectivity index (χ0) is 29.7. The van der Waals surface area contributed by atoms with E-state index in [1.807, 2.05) is 77.9 Å². The average Bonchev–Trinajstić information content (AvgIpc) is 2.88. The van der Waals surface area contributed by atoms with Crippen molar-refractivity contribution in [2.24, 2.45) is 0 Å². The molecule has 0 aliphatic heterocycles. The summed E-state index contributed by atoms with van der Waals surface area (Å²) in [4.78, 5) is 29.0. The van der Waals surface area contributed by atoms with Gasteiger partial charge in [-0.3, -0.25) is 13.9 Å². The number of sulfonamides is 1. The van der Waals surface area contributed by atoms with E-state index in [9.17, 15) is 18.0 Å². The SMILES string of the molecule is CCC(C(=O)NC(C)(C)C)N(Cc1ccccc1)C(=O)CN(c1ccc(C)c(C)c1)S(=O)(=O)c1ccc(Cl)cc1. The maximum atomic E-state index is 14.1. The van der Waals surface area contributed by atoms with Gasteiger partial charge in [-0.2, -0.15) is 0 Å². The van der Waals surface area contributed by atoms with Crippen LogP contribution in [0.4, 0.5) is 5.69 Å². The van der Waals surface area contributed by atoms with Crippen LogP contribution in [-0.2, 0) is 26.2 Å². The predicted octanol–water partition coefficient (Wildman–Crippen LogP) is 5.87. The molecule has 2 amide bonds. The molecule has 0 aliphatic carbocycles. The zero-order valence-electron chi connectivity index (χ0n) is 23.9. The molecule has 7 nitrogen and oxygen atoms in total. The number of aryl methyl sites for hydroxylation is 2. The maximum absolute atomic E-state index is 14.1. The lowest BCUT2D eigenvalue weighted by molar-refractivity contribution is -0.141. The number of amides is 2. The largest absolute Gasteiger partial charge is 0.350 e. The first-order valence-electron chi connectivity index (χ1n) is 13.2. The van der Waals surface area contributed by atoms with Crippen molar-refractivity contribution in [2.75, 3.05) is 10.8 Å². The minimum Gasteiger partial charge on any atom is -0.350 e. The molecule has 40 heavy (non-hydrogen) atoms. The molecular formula is C31H38ClN3O4S. The van der Waals surface area contributed by atoms with Crippen molar-refractivity contribution >= 4 is 39.1 Å². The van der Waals surface area contributed by atoms with E-state index in [2.05, 4.69) is 5.32 Å². The highest BCUT2D eigenvalue weighted by Crippen LogP contribution is 2.27. The van der Waals surface area contributed by atoms with E-state index in [1.165, 1.54) is 29.2 Å². The van der Waals surface area contributed by atoms with Crippen LogP contribution in [0, 0.1) is 13.8 Å². The van der Waals surface area contributed by atoms with E-state index in [-0.39, 0.29) is 17.3 Å².